The number of carbonyl (C=O) groups is 2. The van der Waals surface area contributed by atoms with E-state index in [0.29, 0.717) is 18.3 Å². The van der Waals surface area contributed by atoms with Gasteiger partial charge >= 0.3 is 6.03 Å². The summed E-state index contributed by atoms with van der Waals surface area (Å²) in [5.41, 5.74) is 5.85. The lowest BCUT2D eigenvalue weighted by Gasteiger charge is -2.12. The number of benzene rings is 1. The minimum Gasteiger partial charge on any atom is -0.484 e. The Labute approximate surface area is 126 Å². The molecule has 0 heterocycles. The molecule has 0 unspecified atom stereocenters. The largest absolute Gasteiger partial charge is 0.484 e. The lowest BCUT2D eigenvalue weighted by Crippen LogP contribution is -2.38. The molecule has 0 aromatic heterocycles. The number of rotatable bonds is 6. The number of primary amides is 1. The van der Waals surface area contributed by atoms with Gasteiger partial charge in [0.15, 0.2) is 6.61 Å². The van der Waals surface area contributed by atoms with Crippen LogP contribution in [-0.4, -0.2) is 24.6 Å². The van der Waals surface area contributed by atoms with Crippen molar-refractivity contribution in [2.45, 2.75) is 26.4 Å². The van der Waals surface area contributed by atoms with E-state index in [4.69, 9.17) is 10.5 Å². The zero-order valence-corrected chi connectivity index (χ0v) is 13.0. The predicted octanol–water partition coefficient (Wildman–Crippen LogP) is 1.52. The molecule has 0 aliphatic carbocycles. The molecule has 0 bridgehead atoms. The number of urea groups is 1. The third-order valence-electron chi connectivity index (χ3n) is 2.35. The first kappa shape index (κ1) is 16.5. The second kappa shape index (κ2) is 7.86. The van der Waals surface area contributed by atoms with E-state index < -0.39 is 11.9 Å². The number of imide groups is 1. The molecule has 0 spiro atoms. The van der Waals surface area contributed by atoms with Gasteiger partial charge in [-0.25, -0.2) is 4.79 Å². The van der Waals surface area contributed by atoms with Crippen molar-refractivity contribution in [2.75, 3.05) is 6.61 Å². The Morgan fingerprint density at radius 2 is 2.10 bits per heavy atom. The smallest absolute Gasteiger partial charge is 0.318 e. The third kappa shape index (κ3) is 6.03. The van der Waals surface area contributed by atoms with Gasteiger partial charge in [0.2, 0.25) is 0 Å². The molecule has 3 amide bonds. The molecule has 0 aliphatic rings. The van der Waals surface area contributed by atoms with Crippen molar-refractivity contribution in [1.82, 2.24) is 10.6 Å². The van der Waals surface area contributed by atoms with Crippen LogP contribution in [0.4, 0.5) is 4.79 Å². The number of amides is 3. The van der Waals surface area contributed by atoms with E-state index >= 15 is 0 Å². The van der Waals surface area contributed by atoms with E-state index in [0.717, 1.165) is 10.0 Å². The molecule has 4 N–H and O–H groups in total. The molecule has 6 nitrogen and oxygen atoms in total. The number of nitrogens with one attached hydrogen (secondary N) is 2. The molecular formula is C13H18BrN3O3. The van der Waals surface area contributed by atoms with Crippen LogP contribution in [0.2, 0.25) is 0 Å². The monoisotopic (exact) mass is 343 g/mol. The molecule has 0 saturated carbocycles. The van der Waals surface area contributed by atoms with Crippen LogP contribution in [0.25, 0.3) is 0 Å². The molecule has 0 fully saturated rings. The zero-order chi connectivity index (χ0) is 15.1. The summed E-state index contributed by atoms with van der Waals surface area (Å²) in [6.45, 7) is 4.54. The van der Waals surface area contributed by atoms with Crippen molar-refractivity contribution in [3.8, 4) is 5.75 Å². The van der Waals surface area contributed by atoms with Gasteiger partial charge in [0, 0.05) is 17.1 Å². The highest BCUT2D eigenvalue weighted by atomic mass is 79.9. The summed E-state index contributed by atoms with van der Waals surface area (Å²) in [5, 5.41) is 5.23. The molecule has 0 atom stereocenters. The van der Waals surface area contributed by atoms with Gasteiger partial charge in [0.1, 0.15) is 5.75 Å². The first-order chi connectivity index (χ1) is 9.38. The van der Waals surface area contributed by atoms with E-state index in [2.05, 4.69) is 35.1 Å². The van der Waals surface area contributed by atoms with Crippen LogP contribution in [0.15, 0.2) is 22.7 Å². The van der Waals surface area contributed by atoms with Gasteiger partial charge < -0.3 is 15.8 Å². The van der Waals surface area contributed by atoms with Crippen LogP contribution in [0.3, 0.4) is 0 Å². The number of nitrogens with two attached hydrogens (primary N) is 1. The van der Waals surface area contributed by atoms with Gasteiger partial charge in [-0.1, -0.05) is 29.8 Å². The van der Waals surface area contributed by atoms with Gasteiger partial charge in [0.25, 0.3) is 5.91 Å². The van der Waals surface area contributed by atoms with Crippen molar-refractivity contribution in [2.24, 2.45) is 5.73 Å². The van der Waals surface area contributed by atoms with Crippen LogP contribution >= 0.6 is 15.9 Å². The molecular weight excluding hydrogens is 326 g/mol. The average Bonchev–Trinajstić information content (AvgIpc) is 2.35. The Morgan fingerprint density at radius 1 is 1.40 bits per heavy atom. The molecule has 1 aromatic carbocycles. The van der Waals surface area contributed by atoms with Crippen LogP contribution < -0.4 is 21.1 Å². The topological polar surface area (TPSA) is 93.4 Å². The van der Waals surface area contributed by atoms with Crippen molar-refractivity contribution in [1.29, 1.82) is 0 Å². The maximum atomic E-state index is 11.2. The first-order valence-electron chi connectivity index (χ1n) is 6.12. The van der Waals surface area contributed by atoms with Crippen LogP contribution in [0.1, 0.15) is 19.4 Å². The summed E-state index contributed by atoms with van der Waals surface area (Å²) in [5.74, 6) is -0.0318. The summed E-state index contributed by atoms with van der Waals surface area (Å²) in [6, 6.07) is 4.89. The SMILES string of the molecule is CC(C)NCc1cc(OCC(=O)NC(N)=O)ccc1Br. The van der Waals surface area contributed by atoms with E-state index in [1.165, 1.54) is 0 Å². The van der Waals surface area contributed by atoms with Gasteiger partial charge in [-0.05, 0) is 23.8 Å². The van der Waals surface area contributed by atoms with Gasteiger partial charge in [0.05, 0.1) is 0 Å². The Kier molecular flexibility index (Phi) is 6.47. The lowest BCUT2D eigenvalue weighted by molar-refractivity contribution is -0.121. The quantitative estimate of drug-likeness (QED) is 0.729. The number of halogens is 1. The normalized spacial score (nSPS) is 10.4. The molecule has 110 valence electrons. The summed E-state index contributed by atoms with van der Waals surface area (Å²) in [6.07, 6.45) is 0. The fourth-order valence-electron chi connectivity index (χ4n) is 1.41. The highest BCUT2D eigenvalue weighted by molar-refractivity contribution is 9.10. The molecule has 7 heteroatoms. The third-order valence-corrected chi connectivity index (χ3v) is 3.12. The second-order valence-corrected chi connectivity index (χ2v) is 5.34. The predicted molar refractivity (Wildman–Crippen MR) is 79.3 cm³/mol. The van der Waals surface area contributed by atoms with E-state index in [-0.39, 0.29) is 6.61 Å². The minimum atomic E-state index is -0.892. The highest BCUT2D eigenvalue weighted by Crippen LogP contribution is 2.22. The Hall–Kier alpha value is -1.60. The van der Waals surface area contributed by atoms with E-state index in [1.807, 2.05) is 17.4 Å². The second-order valence-electron chi connectivity index (χ2n) is 4.49. The molecule has 0 radical (unpaired) electrons. The van der Waals surface area contributed by atoms with Crippen LogP contribution in [-0.2, 0) is 11.3 Å². The first-order valence-corrected chi connectivity index (χ1v) is 6.91. The summed E-state index contributed by atoms with van der Waals surface area (Å²) in [4.78, 5) is 21.7. The lowest BCUT2D eigenvalue weighted by atomic mass is 10.2. The van der Waals surface area contributed by atoms with Crippen molar-refractivity contribution in [3.05, 3.63) is 28.2 Å². The van der Waals surface area contributed by atoms with E-state index in [9.17, 15) is 9.59 Å². The number of hydrogen-bond donors (Lipinski definition) is 3. The van der Waals surface area contributed by atoms with Crippen molar-refractivity contribution in [3.63, 3.8) is 0 Å². The zero-order valence-electron chi connectivity index (χ0n) is 11.4. The average molecular weight is 344 g/mol. The van der Waals surface area contributed by atoms with Crippen LogP contribution in [0.5, 0.6) is 5.75 Å². The van der Waals surface area contributed by atoms with Gasteiger partial charge in [-0.2, -0.15) is 0 Å². The molecule has 0 saturated heterocycles. The number of hydrogen-bond acceptors (Lipinski definition) is 4. The Morgan fingerprint density at radius 3 is 2.70 bits per heavy atom. The van der Waals surface area contributed by atoms with Crippen LogP contribution in [0, 0.1) is 0 Å². The Balaban J connectivity index is 2.60. The molecule has 1 aromatic rings. The highest BCUT2D eigenvalue weighted by Gasteiger charge is 2.07. The maximum absolute atomic E-state index is 11.2. The minimum absolute atomic E-state index is 0.262. The number of ether oxygens (including phenoxy) is 1. The summed E-state index contributed by atoms with van der Waals surface area (Å²) >= 11 is 3.46. The fourth-order valence-corrected chi connectivity index (χ4v) is 1.80. The Bertz CT molecular complexity index is 492. The van der Waals surface area contributed by atoms with Gasteiger partial charge in [-0.3, -0.25) is 10.1 Å². The van der Waals surface area contributed by atoms with Crippen molar-refractivity contribution >= 4 is 27.9 Å². The molecule has 1 rings (SSSR count). The summed E-state index contributed by atoms with van der Waals surface area (Å²) < 4.78 is 6.26. The van der Waals surface area contributed by atoms with E-state index in [1.54, 1.807) is 6.07 Å². The maximum Gasteiger partial charge on any atom is 0.318 e. The molecule has 0 aliphatic heterocycles. The number of carbonyl (C=O) groups excluding carboxylic acids is 2. The standard InChI is InChI=1S/C13H18BrN3O3/c1-8(2)16-6-9-5-10(3-4-11(9)14)20-7-12(18)17-13(15)19/h3-5,8,16H,6-7H2,1-2H3,(H3,15,17,18,19). The summed E-state index contributed by atoms with van der Waals surface area (Å²) in [7, 11) is 0. The van der Waals surface area contributed by atoms with Gasteiger partial charge in [-0.15, -0.1) is 0 Å². The fraction of sp³-hybridized carbons (Fsp3) is 0.385. The van der Waals surface area contributed by atoms with Crippen molar-refractivity contribution < 1.29 is 14.3 Å². The molecule has 20 heavy (non-hydrogen) atoms.